The van der Waals surface area contributed by atoms with Gasteiger partial charge in [0, 0.05) is 43.7 Å². The van der Waals surface area contributed by atoms with Crippen LogP contribution in [0.15, 0.2) is 28.7 Å². The summed E-state index contributed by atoms with van der Waals surface area (Å²) in [6.07, 6.45) is 0. The van der Waals surface area contributed by atoms with E-state index in [1.807, 2.05) is 0 Å². The monoisotopic (exact) mass is 298 g/mol. The number of nitrogens with zero attached hydrogens (tertiary/aromatic N) is 2. The van der Waals surface area contributed by atoms with Crippen LogP contribution in [0, 0.1) is 0 Å². The Balaban J connectivity index is 1.79. The van der Waals surface area contributed by atoms with Gasteiger partial charge in [-0.1, -0.05) is 28.1 Å². The quantitative estimate of drug-likeness (QED) is 0.914. The molecule has 17 heavy (non-hydrogen) atoms. The second-order valence-electron chi connectivity index (χ2n) is 4.47. The van der Waals surface area contributed by atoms with Crippen LogP contribution < -0.4 is 0 Å². The van der Waals surface area contributed by atoms with Crippen LogP contribution in [-0.2, 0) is 6.54 Å². The van der Waals surface area contributed by atoms with Crippen LogP contribution in [0.3, 0.4) is 0 Å². The molecule has 1 aliphatic rings. The summed E-state index contributed by atoms with van der Waals surface area (Å²) in [5, 5.41) is 8.89. The van der Waals surface area contributed by atoms with Gasteiger partial charge >= 0.3 is 0 Å². The van der Waals surface area contributed by atoms with Crippen LogP contribution in [0.4, 0.5) is 0 Å². The van der Waals surface area contributed by atoms with Gasteiger partial charge in [0.05, 0.1) is 6.61 Å². The number of hydrogen-bond acceptors (Lipinski definition) is 3. The lowest BCUT2D eigenvalue weighted by Crippen LogP contribution is -2.46. The molecule has 0 atom stereocenters. The van der Waals surface area contributed by atoms with Gasteiger partial charge in [0.1, 0.15) is 0 Å². The second kappa shape index (κ2) is 6.50. The molecule has 0 saturated carbocycles. The van der Waals surface area contributed by atoms with Crippen molar-refractivity contribution < 1.29 is 5.11 Å². The first-order valence-electron chi connectivity index (χ1n) is 6.08. The van der Waals surface area contributed by atoms with Crippen molar-refractivity contribution in [3.63, 3.8) is 0 Å². The molecule has 2 rings (SSSR count). The molecule has 0 aromatic heterocycles. The van der Waals surface area contributed by atoms with Crippen molar-refractivity contribution in [2.45, 2.75) is 6.54 Å². The lowest BCUT2D eigenvalue weighted by molar-refractivity contribution is 0.108. The molecule has 1 N–H and O–H groups in total. The minimum Gasteiger partial charge on any atom is -0.395 e. The first-order valence-corrected chi connectivity index (χ1v) is 6.87. The van der Waals surface area contributed by atoms with Gasteiger partial charge in [0.25, 0.3) is 0 Å². The van der Waals surface area contributed by atoms with E-state index >= 15 is 0 Å². The van der Waals surface area contributed by atoms with Gasteiger partial charge < -0.3 is 5.11 Å². The Bertz CT molecular complexity index is 334. The summed E-state index contributed by atoms with van der Waals surface area (Å²) in [5.41, 5.74) is 1.36. The number of rotatable bonds is 4. The fourth-order valence-electron chi connectivity index (χ4n) is 2.16. The van der Waals surface area contributed by atoms with Crippen molar-refractivity contribution in [3.8, 4) is 0 Å². The summed E-state index contributed by atoms with van der Waals surface area (Å²) in [7, 11) is 0. The van der Waals surface area contributed by atoms with E-state index in [2.05, 4.69) is 50.0 Å². The number of aliphatic hydroxyl groups excluding tert-OH is 1. The zero-order valence-electron chi connectivity index (χ0n) is 9.98. The van der Waals surface area contributed by atoms with Crippen LogP contribution in [-0.4, -0.2) is 54.2 Å². The molecule has 1 aromatic rings. The van der Waals surface area contributed by atoms with E-state index in [4.69, 9.17) is 5.11 Å². The lowest BCUT2D eigenvalue weighted by atomic mass is 10.2. The minimum atomic E-state index is 0.271. The summed E-state index contributed by atoms with van der Waals surface area (Å²) < 4.78 is 1.13. The molecule has 1 aromatic carbocycles. The Labute approximate surface area is 111 Å². The van der Waals surface area contributed by atoms with Gasteiger partial charge in [-0.2, -0.15) is 0 Å². The number of β-amino-alcohol motifs (C(OH)–C–C–N with tert-alkyl or cyclic N) is 1. The summed E-state index contributed by atoms with van der Waals surface area (Å²) >= 11 is 3.45. The summed E-state index contributed by atoms with van der Waals surface area (Å²) in [5.74, 6) is 0. The van der Waals surface area contributed by atoms with E-state index in [1.54, 1.807) is 0 Å². The van der Waals surface area contributed by atoms with Crippen molar-refractivity contribution in [2.24, 2.45) is 0 Å². The number of benzene rings is 1. The van der Waals surface area contributed by atoms with Crippen LogP contribution in [0.25, 0.3) is 0 Å². The van der Waals surface area contributed by atoms with E-state index in [9.17, 15) is 0 Å². The fraction of sp³-hybridized carbons (Fsp3) is 0.538. The largest absolute Gasteiger partial charge is 0.395 e. The third-order valence-corrected chi connectivity index (χ3v) is 3.73. The molecule has 0 bridgehead atoms. The Morgan fingerprint density at radius 1 is 1.00 bits per heavy atom. The zero-order chi connectivity index (χ0) is 12.1. The third kappa shape index (κ3) is 4.07. The van der Waals surface area contributed by atoms with Gasteiger partial charge in [-0.05, 0) is 17.7 Å². The summed E-state index contributed by atoms with van der Waals surface area (Å²) in [6, 6.07) is 8.53. The number of halogens is 1. The number of hydrogen-bond donors (Lipinski definition) is 1. The Kier molecular flexibility index (Phi) is 4.98. The predicted octanol–water partition coefficient (Wildman–Crippen LogP) is 1.56. The molecule has 0 amide bonds. The molecule has 1 aliphatic heterocycles. The van der Waals surface area contributed by atoms with Gasteiger partial charge in [-0.3, -0.25) is 9.80 Å². The maximum atomic E-state index is 8.89. The summed E-state index contributed by atoms with van der Waals surface area (Å²) in [6.45, 7) is 6.43. The van der Waals surface area contributed by atoms with Gasteiger partial charge in [-0.25, -0.2) is 0 Å². The number of aliphatic hydroxyl groups is 1. The molecule has 94 valence electrons. The zero-order valence-corrected chi connectivity index (χ0v) is 11.6. The topological polar surface area (TPSA) is 26.7 Å². The van der Waals surface area contributed by atoms with Crippen molar-refractivity contribution in [1.82, 2.24) is 9.80 Å². The van der Waals surface area contributed by atoms with Crippen molar-refractivity contribution in [1.29, 1.82) is 0 Å². The van der Waals surface area contributed by atoms with Gasteiger partial charge in [-0.15, -0.1) is 0 Å². The van der Waals surface area contributed by atoms with Crippen LogP contribution >= 0.6 is 15.9 Å². The predicted molar refractivity (Wildman–Crippen MR) is 72.9 cm³/mol. The van der Waals surface area contributed by atoms with Crippen LogP contribution in [0.5, 0.6) is 0 Å². The van der Waals surface area contributed by atoms with E-state index in [0.29, 0.717) is 0 Å². The molecule has 1 fully saturated rings. The second-order valence-corrected chi connectivity index (χ2v) is 5.38. The molecule has 0 spiro atoms. The van der Waals surface area contributed by atoms with Crippen LogP contribution in [0.1, 0.15) is 5.56 Å². The molecule has 4 heteroatoms. The minimum absolute atomic E-state index is 0.271. The first-order chi connectivity index (χ1) is 8.28. The van der Waals surface area contributed by atoms with Gasteiger partial charge in [0.2, 0.25) is 0 Å². The highest BCUT2D eigenvalue weighted by atomic mass is 79.9. The standard InChI is InChI=1S/C13H19BrN2O/c14-13-3-1-12(2-4-13)11-16-7-5-15(6-8-16)9-10-17/h1-4,17H,5-11H2. The molecule has 1 saturated heterocycles. The molecule has 0 radical (unpaired) electrons. The molecular formula is C13H19BrN2O. The maximum absolute atomic E-state index is 8.89. The Hall–Kier alpha value is -0.420. The average molecular weight is 299 g/mol. The van der Waals surface area contributed by atoms with E-state index < -0.39 is 0 Å². The first kappa shape index (κ1) is 13.0. The molecular weight excluding hydrogens is 280 g/mol. The smallest absolute Gasteiger partial charge is 0.0558 e. The van der Waals surface area contributed by atoms with E-state index in [0.717, 1.165) is 43.7 Å². The normalized spacial score (nSPS) is 18.5. The Morgan fingerprint density at radius 2 is 1.59 bits per heavy atom. The highest BCUT2D eigenvalue weighted by molar-refractivity contribution is 9.10. The van der Waals surface area contributed by atoms with Crippen molar-refractivity contribution >= 4 is 15.9 Å². The van der Waals surface area contributed by atoms with E-state index in [1.165, 1.54) is 5.56 Å². The fourth-order valence-corrected chi connectivity index (χ4v) is 2.42. The molecule has 3 nitrogen and oxygen atoms in total. The van der Waals surface area contributed by atoms with Crippen LogP contribution in [0.2, 0.25) is 0 Å². The maximum Gasteiger partial charge on any atom is 0.0558 e. The van der Waals surface area contributed by atoms with E-state index in [-0.39, 0.29) is 6.61 Å². The van der Waals surface area contributed by atoms with Crippen molar-refractivity contribution in [3.05, 3.63) is 34.3 Å². The average Bonchev–Trinajstić information content (AvgIpc) is 2.35. The molecule has 0 unspecified atom stereocenters. The highest BCUT2D eigenvalue weighted by Crippen LogP contribution is 2.13. The number of piperazine rings is 1. The molecule has 1 heterocycles. The Morgan fingerprint density at radius 3 is 2.18 bits per heavy atom. The lowest BCUT2D eigenvalue weighted by Gasteiger charge is -2.34. The van der Waals surface area contributed by atoms with Crippen molar-refractivity contribution in [2.75, 3.05) is 39.3 Å². The van der Waals surface area contributed by atoms with Gasteiger partial charge in [0.15, 0.2) is 0 Å². The third-order valence-electron chi connectivity index (χ3n) is 3.20. The highest BCUT2D eigenvalue weighted by Gasteiger charge is 2.15. The summed E-state index contributed by atoms with van der Waals surface area (Å²) in [4.78, 5) is 4.79. The molecule has 0 aliphatic carbocycles. The SMILES string of the molecule is OCCN1CCN(Cc2ccc(Br)cc2)CC1.